The highest BCUT2D eigenvalue weighted by Crippen LogP contribution is 2.38. The highest BCUT2D eigenvalue weighted by atomic mass is 32.1. The maximum Gasteiger partial charge on any atom is 0.229 e. The molecule has 3 rings (SSSR count). The number of nitrogens with zero attached hydrogens (tertiary/aromatic N) is 1. The van der Waals surface area contributed by atoms with Gasteiger partial charge < -0.3 is 10.1 Å². The van der Waals surface area contributed by atoms with E-state index < -0.39 is 0 Å². The van der Waals surface area contributed by atoms with Gasteiger partial charge in [-0.2, -0.15) is 0 Å². The van der Waals surface area contributed by atoms with Gasteiger partial charge in [0.1, 0.15) is 5.75 Å². The number of aromatic nitrogens is 1. The minimum absolute atomic E-state index is 0.0942. The normalized spacial score (nSPS) is 19.7. The fraction of sp³-hybridized carbons (Fsp3) is 0.412. The Hall–Kier alpha value is -1.88. The second kappa shape index (κ2) is 6.48. The molecule has 0 aliphatic heterocycles. The Morgan fingerprint density at radius 2 is 2.14 bits per heavy atom. The van der Waals surface area contributed by atoms with Gasteiger partial charge in [-0.1, -0.05) is 13.8 Å². The first-order chi connectivity index (χ1) is 10.7. The molecule has 1 saturated carbocycles. The molecule has 2 atom stereocenters. The number of carbonyl (C=O) groups is 1. The van der Waals surface area contributed by atoms with Crippen molar-refractivity contribution in [3.63, 3.8) is 0 Å². The van der Waals surface area contributed by atoms with Crippen LogP contribution < -0.4 is 10.1 Å². The fourth-order valence-corrected chi connectivity index (χ4v) is 3.01. The van der Waals surface area contributed by atoms with Gasteiger partial charge >= 0.3 is 0 Å². The lowest BCUT2D eigenvalue weighted by Crippen LogP contribution is -2.14. The number of nitrogens with one attached hydrogen (secondary N) is 1. The van der Waals surface area contributed by atoms with Crippen LogP contribution in [0.5, 0.6) is 5.75 Å². The quantitative estimate of drug-likeness (QED) is 0.869. The summed E-state index contributed by atoms with van der Waals surface area (Å²) in [5, 5.41) is 5.55. The number of ether oxygens (including phenoxy) is 1. The van der Waals surface area contributed by atoms with Crippen LogP contribution in [0.15, 0.2) is 29.6 Å². The van der Waals surface area contributed by atoms with E-state index in [1.165, 1.54) is 11.3 Å². The number of thiazole rings is 1. The summed E-state index contributed by atoms with van der Waals surface area (Å²) in [4.78, 5) is 16.4. The first-order valence-corrected chi connectivity index (χ1v) is 8.55. The number of benzene rings is 1. The summed E-state index contributed by atoms with van der Waals surface area (Å²) in [5.41, 5.74) is 1.91. The summed E-state index contributed by atoms with van der Waals surface area (Å²) in [6.45, 7) is 4.91. The molecule has 22 heavy (non-hydrogen) atoms. The standard InChI is InChI=1S/C17H20N2O2S/c1-3-8-21-13-6-4-12(5-7-13)15-10-22-17(18-15)19-16(20)14-9-11(14)2/h4-7,10-11,14H,3,8-9H2,1-2H3,(H,18,19,20)/t11-,14+/m1/s1. The molecule has 0 bridgehead atoms. The Kier molecular flexibility index (Phi) is 4.43. The SMILES string of the molecule is CCCOc1ccc(-c2csc(NC(=O)[C@H]3C[C@H]3C)n2)cc1. The fourth-order valence-electron chi connectivity index (χ4n) is 2.29. The molecule has 1 aliphatic carbocycles. The Morgan fingerprint density at radius 3 is 2.77 bits per heavy atom. The van der Waals surface area contributed by atoms with Gasteiger partial charge in [0, 0.05) is 16.9 Å². The molecule has 5 heteroatoms. The summed E-state index contributed by atoms with van der Waals surface area (Å²) in [6, 6.07) is 7.90. The molecule has 1 amide bonds. The van der Waals surface area contributed by atoms with Crippen LogP contribution >= 0.6 is 11.3 Å². The minimum Gasteiger partial charge on any atom is -0.494 e. The second-order valence-corrected chi connectivity index (χ2v) is 6.58. The number of rotatable bonds is 6. The van der Waals surface area contributed by atoms with Crippen LogP contribution in [0.25, 0.3) is 11.3 Å². The molecule has 4 nitrogen and oxygen atoms in total. The molecule has 0 spiro atoms. The van der Waals surface area contributed by atoms with E-state index in [1.54, 1.807) is 0 Å². The van der Waals surface area contributed by atoms with E-state index in [1.807, 2.05) is 29.6 Å². The zero-order chi connectivity index (χ0) is 15.5. The van der Waals surface area contributed by atoms with E-state index in [4.69, 9.17) is 4.74 Å². The van der Waals surface area contributed by atoms with Crippen LogP contribution in [0.1, 0.15) is 26.7 Å². The minimum atomic E-state index is 0.0942. The number of hydrogen-bond donors (Lipinski definition) is 1. The molecule has 1 aromatic carbocycles. The molecule has 0 unspecified atom stereocenters. The number of carbonyl (C=O) groups excluding carboxylic acids is 1. The molecule has 2 aromatic rings. The Labute approximate surface area is 134 Å². The highest BCUT2D eigenvalue weighted by molar-refractivity contribution is 7.14. The van der Waals surface area contributed by atoms with E-state index in [9.17, 15) is 4.79 Å². The lowest BCUT2D eigenvalue weighted by atomic mass is 10.2. The van der Waals surface area contributed by atoms with Gasteiger partial charge in [0.2, 0.25) is 5.91 Å². The number of amides is 1. The largest absolute Gasteiger partial charge is 0.494 e. The second-order valence-electron chi connectivity index (χ2n) is 5.72. The summed E-state index contributed by atoms with van der Waals surface area (Å²) < 4.78 is 5.57. The van der Waals surface area contributed by atoms with Gasteiger partial charge in [0.25, 0.3) is 0 Å². The molecular formula is C17H20N2O2S. The van der Waals surface area contributed by atoms with Crippen LogP contribution in [0.3, 0.4) is 0 Å². The number of anilines is 1. The number of hydrogen-bond acceptors (Lipinski definition) is 4. The Morgan fingerprint density at radius 1 is 1.41 bits per heavy atom. The maximum atomic E-state index is 11.9. The maximum absolute atomic E-state index is 11.9. The van der Waals surface area contributed by atoms with Crippen LogP contribution in [0, 0.1) is 11.8 Å². The van der Waals surface area contributed by atoms with Gasteiger partial charge in [-0.15, -0.1) is 11.3 Å². The lowest BCUT2D eigenvalue weighted by molar-refractivity contribution is -0.117. The molecule has 1 heterocycles. The third kappa shape index (κ3) is 3.47. The van der Waals surface area contributed by atoms with Crippen molar-refractivity contribution in [3.05, 3.63) is 29.6 Å². The highest BCUT2D eigenvalue weighted by Gasteiger charge is 2.39. The van der Waals surface area contributed by atoms with Crippen molar-refractivity contribution in [1.29, 1.82) is 0 Å². The van der Waals surface area contributed by atoms with Crippen molar-refractivity contribution in [1.82, 2.24) is 4.98 Å². The average Bonchev–Trinajstić information content (AvgIpc) is 3.08. The van der Waals surface area contributed by atoms with Crippen LogP contribution in [0.2, 0.25) is 0 Å². The smallest absolute Gasteiger partial charge is 0.229 e. The Bertz CT molecular complexity index is 651. The monoisotopic (exact) mass is 316 g/mol. The topological polar surface area (TPSA) is 51.2 Å². The summed E-state index contributed by atoms with van der Waals surface area (Å²) in [6.07, 6.45) is 1.99. The third-order valence-corrected chi connectivity index (χ3v) is 4.56. The Balaban J connectivity index is 1.64. The predicted molar refractivity (Wildman–Crippen MR) is 89.2 cm³/mol. The van der Waals surface area contributed by atoms with Crippen molar-refractivity contribution in [2.75, 3.05) is 11.9 Å². The van der Waals surface area contributed by atoms with Crippen molar-refractivity contribution in [3.8, 4) is 17.0 Å². The van der Waals surface area contributed by atoms with Crippen LogP contribution in [-0.4, -0.2) is 17.5 Å². The summed E-state index contributed by atoms with van der Waals surface area (Å²) >= 11 is 1.46. The summed E-state index contributed by atoms with van der Waals surface area (Å²) in [7, 11) is 0. The van der Waals surface area contributed by atoms with Crippen LogP contribution in [0.4, 0.5) is 5.13 Å². The first kappa shape index (κ1) is 15.0. The van der Waals surface area contributed by atoms with Gasteiger partial charge in [-0.05, 0) is 43.0 Å². The molecule has 1 aromatic heterocycles. The average molecular weight is 316 g/mol. The first-order valence-electron chi connectivity index (χ1n) is 7.67. The van der Waals surface area contributed by atoms with Gasteiger partial charge in [-0.25, -0.2) is 4.98 Å². The molecule has 1 fully saturated rings. The van der Waals surface area contributed by atoms with E-state index in [0.717, 1.165) is 36.5 Å². The van der Waals surface area contributed by atoms with Crippen LogP contribution in [-0.2, 0) is 4.79 Å². The van der Waals surface area contributed by atoms with Crippen molar-refractivity contribution in [2.45, 2.75) is 26.7 Å². The molecule has 116 valence electrons. The van der Waals surface area contributed by atoms with Gasteiger partial charge in [0.05, 0.1) is 12.3 Å². The van der Waals surface area contributed by atoms with Crippen molar-refractivity contribution in [2.24, 2.45) is 11.8 Å². The predicted octanol–water partition coefficient (Wildman–Crippen LogP) is 4.19. The molecular weight excluding hydrogens is 296 g/mol. The molecule has 1 aliphatic rings. The van der Waals surface area contributed by atoms with E-state index in [0.29, 0.717) is 11.0 Å². The van der Waals surface area contributed by atoms with Gasteiger partial charge in [0.15, 0.2) is 5.13 Å². The van der Waals surface area contributed by atoms with Crippen molar-refractivity contribution < 1.29 is 9.53 Å². The molecule has 0 radical (unpaired) electrons. The van der Waals surface area contributed by atoms with Crippen molar-refractivity contribution >= 4 is 22.4 Å². The zero-order valence-corrected chi connectivity index (χ0v) is 13.7. The molecule has 1 N–H and O–H groups in total. The van der Waals surface area contributed by atoms with Gasteiger partial charge in [-0.3, -0.25) is 4.79 Å². The lowest BCUT2D eigenvalue weighted by Gasteiger charge is -2.04. The summed E-state index contributed by atoms with van der Waals surface area (Å²) in [5.74, 6) is 1.64. The molecule has 0 saturated heterocycles. The third-order valence-electron chi connectivity index (χ3n) is 3.80. The van der Waals surface area contributed by atoms with E-state index in [2.05, 4.69) is 24.1 Å². The van der Waals surface area contributed by atoms with E-state index >= 15 is 0 Å². The van der Waals surface area contributed by atoms with E-state index in [-0.39, 0.29) is 11.8 Å². The zero-order valence-electron chi connectivity index (χ0n) is 12.8.